The average Bonchev–Trinajstić information content (AvgIpc) is 3.21. The van der Waals surface area contributed by atoms with Gasteiger partial charge < -0.3 is 9.80 Å². The molecule has 132 valence electrons. The fourth-order valence-corrected chi connectivity index (χ4v) is 4.24. The summed E-state index contributed by atoms with van der Waals surface area (Å²) in [5.41, 5.74) is 2.17. The lowest BCUT2D eigenvalue weighted by Gasteiger charge is -2.28. The minimum Gasteiger partial charge on any atom is -0.335 e. The molecule has 0 unspecified atom stereocenters. The molecule has 5 heteroatoms. The maximum atomic E-state index is 12.8. The van der Waals surface area contributed by atoms with Crippen molar-refractivity contribution in [1.82, 2.24) is 19.6 Å². The van der Waals surface area contributed by atoms with Crippen LogP contribution in [0.25, 0.3) is 5.69 Å². The van der Waals surface area contributed by atoms with Crippen molar-refractivity contribution in [2.45, 2.75) is 44.2 Å². The molecule has 2 aromatic rings. The van der Waals surface area contributed by atoms with Gasteiger partial charge in [-0.1, -0.05) is 18.2 Å². The number of amides is 1. The SMILES string of the molecule is CN1CC[C@@H]2CC[C@H](C1)N2C(=O)CCc1cnn(-c2ccccc2)c1. The number of carbonyl (C=O) groups excluding carboxylic acids is 1. The smallest absolute Gasteiger partial charge is 0.223 e. The van der Waals surface area contributed by atoms with Gasteiger partial charge in [-0.3, -0.25) is 4.79 Å². The van der Waals surface area contributed by atoms with Gasteiger partial charge in [-0.2, -0.15) is 5.10 Å². The Hall–Kier alpha value is -2.14. The number of hydrogen-bond acceptors (Lipinski definition) is 3. The van der Waals surface area contributed by atoms with Crippen molar-refractivity contribution in [3.63, 3.8) is 0 Å². The van der Waals surface area contributed by atoms with Gasteiger partial charge in [-0.15, -0.1) is 0 Å². The maximum absolute atomic E-state index is 12.8. The van der Waals surface area contributed by atoms with E-state index in [0.29, 0.717) is 24.4 Å². The first-order valence-corrected chi connectivity index (χ1v) is 9.29. The zero-order valence-corrected chi connectivity index (χ0v) is 14.8. The normalized spacial score (nSPS) is 23.6. The molecule has 25 heavy (non-hydrogen) atoms. The molecule has 2 bridgehead atoms. The lowest BCUT2D eigenvalue weighted by Crippen LogP contribution is -2.42. The number of carbonyl (C=O) groups is 1. The molecule has 0 radical (unpaired) electrons. The summed E-state index contributed by atoms with van der Waals surface area (Å²) >= 11 is 0. The molecule has 5 nitrogen and oxygen atoms in total. The summed E-state index contributed by atoms with van der Waals surface area (Å²) in [6.45, 7) is 2.13. The fraction of sp³-hybridized carbons (Fsp3) is 0.500. The summed E-state index contributed by atoms with van der Waals surface area (Å²) in [6, 6.07) is 10.9. The molecule has 2 aliphatic heterocycles. The zero-order chi connectivity index (χ0) is 17.2. The van der Waals surface area contributed by atoms with Crippen LogP contribution in [0.2, 0.25) is 0 Å². The Morgan fingerprint density at radius 2 is 1.96 bits per heavy atom. The van der Waals surface area contributed by atoms with E-state index in [1.165, 1.54) is 6.42 Å². The highest BCUT2D eigenvalue weighted by Gasteiger charge is 2.38. The molecule has 1 amide bonds. The summed E-state index contributed by atoms with van der Waals surface area (Å²) in [5, 5.41) is 4.43. The van der Waals surface area contributed by atoms with Gasteiger partial charge in [0.1, 0.15) is 0 Å². The van der Waals surface area contributed by atoms with E-state index in [4.69, 9.17) is 0 Å². The number of aryl methyl sites for hydroxylation is 1. The van der Waals surface area contributed by atoms with Crippen LogP contribution in [-0.2, 0) is 11.2 Å². The monoisotopic (exact) mass is 338 g/mol. The van der Waals surface area contributed by atoms with Crippen molar-refractivity contribution < 1.29 is 4.79 Å². The second-order valence-corrected chi connectivity index (χ2v) is 7.37. The molecule has 2 aliphatic rings. The zero-order valence-electron chi connectivity index (χ0n) is 14.8. The molecule has 0 N–H and O–H groups in total. The van der Waals surface area contributed by atoms with Crippen LogP contribution in [0.3, 0.4) is 0 Å². The molecule has 0 aliphatic carbocycles. The van der Waals surface area contributed by atoms with Gasteiger partial charge in [-0.25, -0.2) is 4.68 Å². The highest BCUT2D eigenvalue weighted by molar-refractivity contribution is 5.77. The molecule has 2 saturated heterocycles. The topological polar surface area (TPSA) is 41.4 Å². The third-order valence-corrected chi connectivity index (χ3v) is 5.56. The van der Waals surface area contributed by atoms with Crippen LogP contribution < -0.4 is 0 Å². The maximum Gasteiger partial charge on any atom is 0.223 e. The van der Waals surface area contributed by atoms with Gasteiger partial charge in [-0.05, 0) is 57.0 Å². The Morgan fingerprint density at radius 1 is 1.16 bits per heavy atom. The van der Waals surface area contributed by atoms with E-state index >= 15 is 0 Å². The highest BCUT2D eigenvalue weighted by Crippen LogP contribution is 2.30. The molecule has 4 rings (SSSR count). The molecule has 2 atom stereocenters. The van der Waals surface area contributed by atoms with Gasteiger partial charge in [0.2, 0.25) is 5.91 Å². The molecule has 3 heterocycles. The molecule has 0 saturated carbocycles. The lowest BCUT2D eigenvalue weighted by atomic mass is 10.1. The lowest BCUT2D eigenvalue weighted by molar-refractivity contribution is -0.133. The fourth-order valence-electron chi connectivity index (χ4n) is 4.24. The van der Waals surface area contributed by atoms with E-state index in [2.05, 4.69) is 21.9 Å². The van der Waals surface area contributed by atoms with E-state index < -0.39 is 0 Å². The van der Waals surface area contributed by atoms with Crippen LogP contribution in [0, 0.1) is 0 Å². The Bertz CT molecular complexity index is 726. The van der Waals surface area contributed by atoms with E-state index in [9.17, 15) is 4.79 Å². The summed E-state index contributed by atoms with van der Waals surface area (Å²) in [5.74, 6) is 0.315. The number of likely N-dealkylation sites (N-methyl/N-ethyl adjacent to an activating group) is 1. The predicted octanol–water partition coefficient (Wildman–Crippen LogP) is 2.50. The minimum atomic E-state index is 0.315. The van der Waals surface area contributed by atoms with Crippen LogP contribution in [0.4, 0.5) is 0 Å². The van der Waals surface area contributed by atoms with Crippen LogP contribution in [0.5, 0.6) is 0 Å². The number of para-hydroxylation sites is 1. The Labute approximate surface area is 149 Å². The van der Waals surface area contributed by atoms with E-state index in [0.717, 1.165) is 43.6 Å². The molecule has 1 aromatic heterocycles. The summed E-state index contributed by atoms with van der Waals surface area (Å²) in [7, 11) is 2.17. The van der Waals surface area contributed by atoms with E-state index in [-0.39, 0.29) is 0 Å². The van der Waals surface area contributed by atoms with Gasteiger partial charge in [0.25, 0.3) is 0 Å². The number of rotatable bonds is 4. The van der Waals surface area contributed by atoms with Crippen LogP contribution in [0.1, 0.15) is 31.2 Å². The van der Waals surface area contributed by atoms with Gasteiger partial charge in [0, 0.05) is 31.2 Å². The number of benzene rings is 1. The summed E-state index contributed by atoms with van der Waals surface area (Å²) in [6.07, 6.45) is 8.71. The van der Waals surface area contributed by atoms with Gasteiger partial charge in [0.05, 0.1) is 11.9 Å². The van der Waals surface area contributed by atoms with E-state index in [1.54, 1.807) is 0 Å². The number of aromatic nitrogens is 2. The van der Waals surface area contributed by atoms with Gasteiger partial charge >= 0.3 is 0 Å². The van der Waals surface area contributed by atoms with Crippen molar-refractivity contribution >= 4 is 5.91 Å². The summed E-state index contributed by atoms with van der Waals surface area (Å²) < 4.78 is 1.88. The third kappa shape index (κ3) is 3.47. The largest absolute Gasteiger partial charge is 0.335 e. The van der Waals surface area contributed by atoms with Gasteiger partial charge in [0.15, 0.2) is 0 Å². The van der Waals surface area contributed by atoms with Crippen molar-refractivity contribution in [2.24, 2.45) is 0 Å². The second kappa shape index (κ2) is 7.00. The van der Waals surface area contributed by atoms with Crippen LogP contribution >= 0.6 is 0 Å². The summed E-state index contributed by atoms with van der Waals surface area (Å²) in [4.78, 5) is 17.4. The Balaban J connectivity index is 1.38. The Morgan fingerprint density at radius 3 is 2.80 bits per heavy atom. The standard InChI is InChI=1S/C20H26N4O/c1-22-12-11-18-8-9-19(15-22)24(18)20(25)10-7-16-13-21-23(14-16)17-5-3-2-4-6-17/h2-6,13-14,18-19H,7-12,15H2,1H3/t18-,19+/m0/s1. The number of nitrogens with zero attached hydrogens (tertiary/aromatic N) is 4. The first-order valence-electron chi connectivity index (χ1n) is 9.29. The molecule has 0 spiro atoms. The Kier molecular flexibility index (Phi) is 4.57. The first kappa shape index (κ1) is 16.3. The minimum absolute atomic E-state index is 0.315. The molecule has 2 fully saturated rings. The van der Waals surface area contributed by atoms with Crippen molar-refractivity contribution in [2.75, 3.05) is 20.1 Å². The highest BCUT2D eigenvalue weighted by atomic mass is 16.2. The number of hydrogen-bond donors (Lipinski definition) is 0. The third-order valence-electron chi connectivity index (χ3n) is 5.56. The van der Waals surface area contributed by atoms with Crippen molar-refractivity contribution in [3.8, 4) is 5.69 Å². The number of fused-ring (bicyclic) bond motifs is 2. The molecular weight excluding hydrogens is 312 g/mol. The second-order valence-electron chi connectivity index (χ2n) is 7.37. The van der Waals surface area contributed by atoms with Crippen LogP contribution in [-0.4, -0.2) is 57.7 Å². The number of likely N-dealkylation sites (tertiary alicyclic amines) is 1. The first-order chi connectivity index (χ1) is 12.2. The predicted molar refractivity (Wildman–Crippen MR) is 97.7 cm³/mol. The van der Waals surface area contributed by atoms with E-state index in [1.807, 2.05) is 47.4 Å². The quantitative estimate of drug-likeness (QED) is 0.860. The molecule has 1 aromatic carbocycles. The van der Waals surface area contributed by atoms with Crippen molar-refractivity contribution in [1.29, 1.82) is 0 Å². The van der Waals surface area contributed by atoms with Crippen LogP contribution in [0.15, 0.2) is 42.7 Å². The van der Waals surface area contributed by atoms with Crippen molar-refractivity contribution in [3.05, 3.63) is 48.3 Å². The average molecular weight is 338 g/mol. The molecular formula is C20H26N4O.